The van der Waals surface area contributed by atoms with E-state index < -0.39 is 0 Å². The number of carbonyl (C=O) groups excluding carboxylic acids is 1. The van der Waals surface area contributed by atoms with Crippen LogP contribution in [0, 0.1) is 23.7 Å². The largest absolute Gasteiger partial charge is 0.431 e. The normalized spacial score (nSPS) is 27.9. The Kier molecular flexibility index (Phi) is 9.05. The van der Waals surface area contributed by atoms with E-state index in [4.69, 9.17) is 9.73 Å². The van der Waals surface area contributed by atoms with Crippen molar-refractivity contribution in [1.29, 1.82) is 0 Å². The molecule has 1 aliphatic heterocycles. The molecule has 5 unspecified atom stereocenters. The van der Waals surface area contributed by atoms with Crippen LogP contribution >= 0.6 is 0 Å². The molecule has 3 aliphatic rings. The number of aliphatic imine (C=N–C) groups is 1. The van der Waals surface area contributed by atoms with E-state index in [9.17, 15) is 4.79 Å². The topological polar surface area (TPSA) is 38.7 Å². The molecule has 1 heterocycles. The van der Waals surface area contributed by atoms with Crippen molar-refractivity contribution in [1.82, 2.24) is 0 Å². The number of allylic oxidation sites excluding steroid dienone is 6. The highest BCUT2D eigenvalue weighted by atomic mass is 16.5. The molecular weight excluding hydrogens is 454 g/mol. The Hall–Kier alpha value is -2.68. The van der Waals surface area contributed by atoms with Gasteiger partial charge in [-0.2, -0.15) is 0 Å². The zero-order chi connectivity index (χ0) is 26.5. The highest BCUT2D eigenvalue weighted by molar-refractivity contribution is 5.97. The van der Waals surface area contributed by atoms with Gasteiger partial charge in [0.2, 0.25) is 0 Å². The maximum Gasteiger partial charge on any atom is 0.314 e. The molecule has 5 atom stereocenters. The molecule has 0 saturated heterocycles. The lowest BCUT2D eigenvalue weighted by Crippen LogP contribution is -2.28. The molecule has 3 nitrogen and oxygen atoms in total. The van der Waals surface area contributed by atoms with Gasteiger partial charge in [-0.1, -0.05) is 75.8 Å². The van der Waals surface area contributed by atoms with Crippen LogP contribution in [0.2, 0.25) is 0 Å². The summed E-state index contributed by atoms with van der Waals surface area (Å²) in [6.45, 7) is 15.8. The van der Waals surface area contributed by atoms with E-state index in [1.54, 1.807) is 0 Å². The Balaban J connectivity index is 1.58. The summed E-state index contributed by atoms with van der Waals surface area (Å²) < 4.78 is 5.99. The summed E-state index contributed by atoms with van der Waals surface area (Å²) >= 11 is 0. The van der Waals surface area contributed by atoms with E-state index in [1.807, 2.05) is 12.2 Å². The van der Waals surface area contributed by atoms with Crippen LogP contribution < -0.4 is 0 Å². The molecule has 1 aromatic rings. The van der Waals surface area contributed by atoms with Gasteiger partial charge in [-0.05, 0) is 79.6 Å². The quantitative estimate of drug-likeness (QED) is 0.278. The summed E-state index contributed by atoms with van der Waals surface area (Å²) in [6, 6.07) is 9.12. The minimum Gasteiger partial charge on any atom is -0.431 e. The lowest BCUT2D eigenvalue weighted by Gasteiger charge is -2.30. The second-order valence-corrected chi connectivity index (χ2v) is 11.8. The Morgan fingerprint density at radius 1 is 1.08 bits per heavy atom. The Morgan fingerprint density at radius 2 is 1.78 bits per heavy atom. The molecule has 4 rings (SSSR count). The van der Waals surface area contributed by atoms with Crippen molar-refractivity contribution in [3.63, 3.8) is 0 Å². The summed E-state index contributed by atoms with van der Waals surface area (Å²) in [6.07, 6.45) is 13.9. The average molecular weight is 500 g/mol. The van der Waals surface area contributed by atoms with Gasteiger partial charge in [-0.25, -0.2) is 0 Å². The van der Waals surface area contributed by atoms with Crippen molar-refractivity contribution in [3.05, 3.63) is 83.2 Å². The lowest BCUT2D eigenvalue weighted by atomic mass is 9.74. The molecule has 1 aromatic carbocycles. The number of carbonyl (C=O) groups is 1. The van der Waals surface area contributed by atoms with Crippen molar-refractivity contribution >= 4 is 11.7 Å². The fourth-order valence-corrected chi connectivity index (χ4v) is 6.07. The average Bonchev–Trinajstić information content (AvgIpc) is 3.23. The number of hydrogen-bond donors (Lipinski definition) is 0. The maximum absolute atomic E-state index is 13.4. The first-order chi connectivity index (χ1) is 17.8. The van der Waals surface area contributed by atoms with E-state index in [-0.39, 0.29) is 17.8 Å². The van der Waals surface area contributed by atoms with Gasteiger partial charge in [0.25, 0.3) is 0 Å². The summed E-state index contributed by atoms with van der Waals surface area (Å²) in [5.41, 5.74) is 6.78. The predicted molar refractivity (Wildman–Crippen MR) is 155 cm³/mol. The number of benzene rings is 1. The SMILES string of the molecule is C=CCC(C)/C=C1\CN=C2C1CCC(C(=O)OC1=CC=C(C)C(C)C1)CCC2c1ccc(C(C)C)cc1. The smallest absolute Gasteiger partial charge is 0.314 e. The second-order valence-electron chi connectivity index (χ2n) is 11.8. The van der Waals surface area contributed by atoms with Crippen LogP contribution in [-0.4, -0.2) is 18.2 Å². The Labute approximate surface area is 224 Å². The van der Waals surface area contributed by atoms with Crippen molar-refractivity contribution in [2.45, 2.75) is 85.0 Å². The highest BCUT2D eigenvalue weighted by Crippen LogP contribution is 2.41. The number of nitrogens with zero attached hydrogens (tertiary/aromatic N) is 1. The van der Waals surface area contributed by atoms with Crippen LogP contribution in [0.15, 0.2) is 77.0 Å². The summed E-state index contributed by atoms with van der Waals surface area (Å²) in [4.78, 5) is 18.5. The molecule has 0 spiro atoms. The van der Waals surface area contributed by atoms with Crippen molar-refractivity contribution in [2.75, 3.05) is 6.54 Å². The van der Waals surface area contributed by atoms with Crippen molar-refractivity contribution < 1.29 is 9.53 Å². The van der Waals surface area contributed by atoms with E-state index in [1.165, 1.54) is 28.0 Å². The van der Waals surface area contributed by atoms with Crippen LogP contribution in [0.5, 0.6) is 0 Å². The van der Waals surface area contributed by atoms with Gasteiger partial charge in [-0.3, -0.25) is 9.79 Å². The fraction of sp³-hybridized carbons (Fsp3) is 0.529. The molecule has 0 amide bonds. The third-order valence-electron chi connectivity index (χ3n) is 8.64. The first-order valence-corrected chi connectivity index (χ1v) is 14.3. The third kappa shape index (κ3) is 6.61. The van der Waals surface area contributed by atoms with Gasteiger partial charge >= 0.3 is 5.97 Å². The molecule has 0 N–H and O–H groups in total. The second kappa shape index (κ2) is 12.2. The summed E-state index contributed by atoms with van der Waals surface area (Å²) in [7, 11) is 0. The lowest BCUT2D eigenvalue weighted by molar-refractivity contribution is -0.145. The van der Waals surface area contributed by atoms with Gasteiger partial charge in [0, 0.05) is 24.0 Å². The predicted octanol–water partition coefficient (Wildman–Crippen LogP) is 8.71. The Morgan fingerprint density at radius 3 is 2.43 bits per heavy atom. The molecule has 2 aliphatic carbocycles. The number of hydrogen-bond acceptors (Lipinski definition) is 3. The van der Waals surface area contributed by atoms with Crippen molar-refractivity contribution in [2.24, 2.45) is 28.7 Å². The molecule has 3 heteroatoms. The molecule has 0 aromatic heterocycles. The van der Waals surface area contributed by atoms with Crippen LogP contribution in [0.4, 0.5) is 0 Å². The van der Waals surface area contributed by atoms with Gasteiger partial charge in [0.15, 0.2) is 0 Å². The van der Waals surface area contributed by atoms with Crippen LogP contribution in [-0.2, 0) is 9.53 Å². The maximum atomic E-state index is 13.4. The fourth-order valence-electron chi connectivity index (χ4n) is 6.07. The van der Waals surface area contributed by atoms with Gasteiger partial charge in [0.1, 0.15) is 5.76 Å². The van der Waals surface area contributed by atoms with Crippen LogP contribution in [0.25, 0.3) is 0 Å². The van der Waals surface area contributed by atoms with E-state index in [2.05, 4.69) is 77.6 Å². The third-order valence-corrected chi connectivity index (χ3v) is 8.64. The molecule has 37 heavy (non-hydrogen) atoms. The first kappa shape index (κ1) is 27.4. The zero-order valence-corrected chi connectivity index (χ0v) is 23.5. The minimum atomic E-state index is -0.0744. The zero-order valence-electron chi connectivity index (χ0n) is 23.5. The van der Waals surface area contributed by atoms with Gasteiger partial charge in [-0.15, -0.1) is 6.58 Å². The number of esters is 1. The monoisotopic (exact) mass is 499 g/mol. The molecule has 1 fully saturated rings. The van der Waals surface area contributed by atoms with Crippen LogP contribution in [0.3, 0.4) is 0 Å². The van der Waals surface area contributed by atoms with Gasteiger partial charge < -0.3 is 4.74 Å². The number of fused-ring (bicyclic) bond motifs is 1. The Bertz CT molecular complexity index is 1100. The molecule has 0 radical (unpaired) electrons. The van der Waals surface area contributed by atoms with Crippen molar-refractivity contribution in [3.8, 4) is 0 Å². The highest BCUT2D eigenvalue weighted by Gasteiger charge is 2.37. The van der Waals surface area contributed by atoms with E-state index in [0.717, 1.165) is 50.8 Å². The molecule has 0 bridgehead atoms. The number of rotatable bonds is 7. The molecular formula is C34H45NO2. The minimum absolute atomic E-state index is 0.0516. The van der Waals surface area contributed by atoms with E-state index >= 15 is 0 Å². The van der Waals surface area contributed by atoms with E-state index in [0.29, 0.717) is 23.7 Å². The standard InChI is InChI=1S/C34H45NO2/c1-7-8-23(4)19-29-21-35-33-31(27-12-10-26(11-13-27)22(2)3)17-14-28(15-18-32(29)33)34(36)37-30-16-9-24(5)25(6)20-30/h7,9-13,16,19,22-23,25,28,31-32H,1,8,14-15,17-18,20-21H2,2-6H3/b29-19+. The summed E-state index contributed by atoms with van der Waals surface area (Å²) in [5.74, 6) is 2.64. The number of ether oxygens (including phenoxy) is 1. The first-order valence-electron chi connectivity index (χ1n) is 14.3. The molecule has 198 valence electrons. The van der Waals surface area contributed by atoms with Crippen LogP contribution in [0.1, 0.15) is 96.1 Å². The van der Waals surface area contributed by atoms with Gasteiger partial charge in [0.05, 0.1) is 12.5 Å². The molecule has 1 saturated carbocycles. The summed E-state index contributed by atoms with van der Waals surface area (Å²) in [5, 5.41) is 0.